The highest BCUT2D eigenvalue weighted by Crippen LogP contribution is 2.30. The molecule has 8 heteroatoms. The third-order valence-electron chi connectivity index (χ3n) is 1.73. The van der Waals surface area contributed by atoms with Crippen LogP contribution in [0, 0.1) is 10.1 Å². The van der Waals surface area contributed by atoms with Crippen LogP contribution in [-0.2, 0) is 0 Å². The molecule has 0 aromatic carbocycles. The number of aromatic nitrogens is 2. The number of aliphatic hydroxyl groups excluding tert-OH is 1. The van der Waals surface area contributed by atoms with E-state index in [4.69, 9.17) is 5.11 Å². The Hall–Kier alpha value is -1.41. The van der Waals surface area contributed by atoms with Crippen LogP contribution in [0.1, 0.15) is 6.92 Å². The molecule has 7 nitrogen and oxygen atoms in total. The molecule has 0 saturated heterocycles. The number of aliphatic hydroxyl groups is 1. The third kappa shape index (κ3) is 3.04. The van der Waals surface area contributed by atoms with Crippen LogP contribution in [0.4, 0.5) is 11.6 Å². The lowest BCUT2D eigenvalue weighted by Crippen LogP contribution is -2.06. The largest absolute Gasteiger partial charge is 0.395 e. The molecule has 0 spiro atoms. The first-order valence-corrected chi connectivity index (χ1v) is 5.43. The minimum Gasteiger partial charge on any atom is -0.395 e. The van der Waals surface area contributed by atoms with Gasteiger partial charge < -0.3 is 10.4 Å². The molecule has 1 atom stereocenters. The molecule has 1 aromatic rings. The molecule has 1 heterocycles. The third-order valence-corrected chi connectivity index (χ3v) is 2.80. The van der Waals surface area contributed by atoms with Crippen molar-refractivity contribution in [3.05, 3.63) is 16.3 Å². The van der Waals surface area contributed by atoms with Crippen molar-refractivity contribution in [2.24, 2.45) is 0 Å². The van der Waals surface area contributed by atoms with Gasteiger partial charge in [-0.1, -0.05) is 18.7 Å². The van der Waals surface area contributed by atoms with E-state index in [1.165, 1.54) is 0 Å². The smallest absolute Gasteiger partial charge is 0.319 e. The van der Waals surface area contributed by atoms with Crippen LogP contribution in [0.3, 0.4) is 0 Å². The van der Waals surface area contributed by atoms with E-state index >= 15 is 0 Å². The van der Waals surface area contributed by atoms with Crippen molar-refractivity contribution in [1.82, 2.24) is 9.97 Å². The van der Waals surface area contributed by atoms with Gasteiger partial charge in [0.2, 0.25) is 5.95 Å². The van der Waals surface area contributed by atoms with Crippen molar-refractivity contribution in [1.29, 1.82) is 0 Å². The number of rotatable bonds is 5. The summed E-state index contributed by atoms with van der Waals surface area (Å²) in [6.07, 6.45) is 1.16. The molecule has 0 fully saturated rings. The van der Waals surface area contributed by atoms with Crippen molar-refractivity contribution in [2.75, 3.05) is 19.0 Å². The molecule has 1 rings (SSSR count). The van der Waals surface area contributed by atoms with E-state index in [1.807, 2.05) is 0 Å². The van der Waals surface area contributed by atoms with Gasteiger partial charge in [0.1, 0.15) is 6.20 Å². The molecule has 0 radical (unpaired) electrons. The van der Waals surface area contributed by atoms with Gasteiger partial charge >= 0.3 is 5.69 Å². The number of nitrogens with zero attached hydrogens (tertiary/aromatic N) is 3. The standard InChI is InChI=1S/C8H12N4O3S/c1-5(4-13)16-7-6(12(14)15)3-10-8(9-2)11-7/h3,5,13H,4H2,1-2H3,(H,9,10,11). The Morgan fingerprint density at radius 3 is 2.94 bits per heavy atom. The predicted molar refractivity (Wildman–Crippen MR) is 60.6 cm³/mol. The fourth-order valence-corrected chi connectivity index (χ4v) is 1.76. The number of thioether (sulfide) groups is 1. The average molecular weight is 244 g/mol. The van der Waals surface area contributed by atoms with Gasteiger partial charge in [-0.3, -0.25) is 10.1 Å². The highest BCUT2D eigenvalue weighted by molar-refractivity contribution is 8.00. The first kappa shape index (κ1) is 12.7. The summed E-state index contributed by atoms with van der Waals surface area (Å²) in [7, 11) is 1.63. The van der Waals surface area contributed by atoms with E-state index in [9.17, 15) is 10.1 Å². The Bertz CT molecular complexity index is 388. The summed E-state index contributed by atoms with van der Waals surface area (Å²) >= 11 is 1.15. The number of nitro groups is 1. The lowest BCUT2D eigenvalue weighted by molar-refractivity contribution is -0.388. The Morgan fingerprint density at radius 1 is 1.75 bits per heavy atom. The van der Waals surface area contributed by atoms with Crippen molar-refractivity contribution >= 4 is 23.4 Å². The number of nitrogens with one attached hydrogen (secondary N) is 1. The summed E-state index contributed by atoms with van der Waals surface area (Å²) < 4.78 is 0. The first-order chi connectivity index (χ1) is 7.58. The van der Waals surface area contributed by atoms with E-state index in [2.05, 4.69) is 15.3 Å². The Labute approximate surface area is 96.5 Å². The molecule has 0 saturated carbocycles. The Morgan fingerprint density at radius 2 is 2.44 bits per heavy atom. The Balaban J connectivity index is 3.05. The molecule has 88 valence electrons. The van der Waals surface area contributed by atoms with Crippen LogP contribution < -0.4 is 5.32 Å². The van der Waals surface area contributed by atoms with Gasteiger partial charge in [-0.2, -0.15) is 4.98 Å². The quantitative estimate of drug-likeness (QED) is 0.343. The molecule has 0 aliphatic heterocycles. The molecule has 0 aliphatic rings. The maximum atomic E-state index is 10.7. The van der Waals surface area contributed by atoms with Gasteiger partial charge in [0.25, 0.3) is 0 Å². The average Bonchev–Trinajstić information content (AvgIpc) is 2.28. The second-order valence-electron chi connectivity index (χ2n) is 3.00. The van der Waals surface area contributed by atoms with Crippen LogP contribution in [0.2, 0.25) is 0 Å². The molecule has 16 heavy (non-hydrogen) atoms. The van der Waals surface area contributed by atoms with Crippen LogP contribution >= 0.6 is 11.8 Å². The molecular weight excluding hydrogens is 232 g/mol. The second-order valence-corrected chi connectivity index (χ2v) is 4.43. The molecule has 1 aromatic heterocycles. The van der Waals surface area contributed by atoms with Crippen LogP contribution in [-0.4, -0.2) is 38.9 Å². The van der Waals surface area contributed by atoms with Crippen LogP contribution in [0.25, 0.3) is 0 Å². The maximum Gasteiger partial charge on any atom is 0.319 e. The summed E-state index contributed by atoms with van der Waals surface area (Å²) in [4.78, 5) is 17.9. The molecule has 1 unspecified atom stereocenters. The zero-order valence-electron chi connectivity index (χ0n) is 8.88. The van der Waals surface area contributed by atoms with Crippen molar-refractivity contribution in [3.63, 3.8) is 0 Å². The summed E-state index contributed by atoms with van der Waals surface area (Å²) in [6, 6.07) is 0. The maximum absolute atomic E-state index is 10.7. The van der Waals surface area contributed by atoms with E-state index in [0.717, 1.165) is 18.0 Å². The molecule has 0 amide bonds. The second kappa shape index (κ2) is 5.61. The van der Waals surface area contributed by atoms with Gasteiger partial charge in [0.05, 0.1) is 11.5 Å². The zero-order chi connectivity index (χ0) is 12.1. The lowest BCUT2D eigenvalue weighted by Gasteiger charge is -2.07. The summed E-state index contributed by atoms with van der Waals surface area (Å²) in [5, 5.41) is 22.4. The van der Waals surface area contributed by atoms with Crippen LogP contribution in [0.5, 0.6) is 0 Å². The SMILES string of the molecule is CNc1ncc([N+](=O)[O-])c(SC(C)CO)n1. The van der Waals surface area contributed by atoms with Gasteiger partial charge in [0.15, 0.2) is 5.03 Å². The summed E-state index contributed by atoms with van der Waals surface area (Å²) in [6.45, 7) is 1.69. The van der Waals surface area contributed by atoms with Gasteiger partial charge in [-0.15, -0.1) is 0 Å². The highest BCUT2D eigenvalue weighted by Gasteiger charge is 2.19. The van der Waals surface area contributed by atoms with Crippen LogP contribution in [0.15, 0.2) is 11.2 Å². The molecule has 2 N–H and O–H groups in total. The monoisotopic (exact) mass is 244 g/mol. The number of hydrogen-bond donors (Lipinski definition) is 2. The number of anilines is 1. The minimum atomic E-state index is -0.536. The molecular formula is C8H12N4O3S. The number of hydrogen-bond acceptors (Lipinski definition) is 7. The van der Waals surface area contributed by atoms with E-state index in [0.29, 0.717) is 5.95 Å². The summed E-state index contributed by atoms with van der Waals surface area (Å²) in [5.41, 5.74) is -0.149. The van der Waals surface area contributed by atoms with Gasteiger partial charge in [0, 0.05) is 12.3 Å². The van der Waals surface area contributed by atoms with Crippen molar-refractivity contribution in [2.45, 2.75) is 17.2 Å². The first-order valence-electron chi connectivity index (χ1n) is 4.55. The van der Waals surface area contributed by atoms with E-state index in [1.54, 1.807) is 14.0 Å². The van der Waals surface area contributed by atoms with Gasteiger partial charge in [-0.25, -0.2) is 4.98 Å². The molecule has 0 aliphatic carbocycles. The van der Waals surface area contributed by atoms with E-state index < -0.39 is 4.92 Å². The topological polar surface area (TPSA) is 101 Å². The van der Waals surface area contributed by atoms with Gasteiger partial charge in [-0.05, 0) is 0 Å². The van der Waals surface area contributed by atoms with Crippen molar-refractivity contribution in [3.8, 4) is 0 Å². The lowest BCUT2D eigenvalue weighted by atomic mass is 10.5. The van der Waals surface area contributed by atoms with Crippen molar-refractivity contribution < 1.29 is 10.0 Å². The van der Waals surface area contributed by atoms with E-state index in [-0.39, 0.29) is 22.6 Å². The fourth-order valence-electron chi connectivity index (χ4n) is 0.920. The predicted octanol–water partition coefficient (Wildman–Crippen LogP) is 0.899. The highest BCUT2D eigenvalue weighted by atomic mass is 32.2. The fraction of sp³-hybridized carbons (Fsp3) is 0.500. The molecule has 0 bridgehead atoms. The summed E-state index contributed by atoms with van der Waals surface area (Å²) in [5.74, 6) is 0.318. The normalized spacial score (nSPS) is 12.2. The Kier molecular flexibility index (Phi) is 4.44. The zero-order valence-corrected chi connectivity index (χ0v) is 9.69. The minimum absolute atomic E-state index is 0.0687.